The molecule has 0 spiro atoms. The van der Waals surface area contributed by atoms with E-state index in [1.165, 1.54) is 84.6 Å². The van der Waals surface area contributed by atoms with Crippen LogP contribution in [-0.4, -0.2) is 23.8 Å². The van der Waals surface area contributed by atoms with E-state index in [1.807, 2.05) is 47.0 Å². The van der Waals surface area contributed by atoms with Gasteiger partial charge in [-0.3, -0.25) is 0 Å². The molecule has 0 fully saturated rings. The predicted molar refractivity (Wildman–Crippen MR) is 225 cm³/mol. The lowest BCUT2D eigenvalue weighted by atomic mass is 10.4. The Morgan fingerprint density at radius 2 is 0.739 bits per heavy atom. The summed E-state index contributed by atoms with van der Waals surface area (Å²) in [5.74, 6) is 2.35. The molecule has 2 heterocycles. The standard InChI is InChI=1S/C38H38P2S6/c1-29-35(41-27-15-25-39(31-17-7-3-8-18-31)32-19-9-4-10-20-32)45-37(43-29)38-44-30(2)36(46-38)42-28-16-26-40(33-21-11-5-12-22-33)34-23-13-6-14-24-34/h3-14,17-24H,15-16,25-28H2,1-2H3/b38-37+. The van der Waals surface area contributed by atoms with E-state index < -0.39 is 0 Å². The number of hydrogen-bond donors (Lipinski definition) is 0. The lowest BCUT2D eigenvalue weighted by Crippen LogP contribution is -2.14. The first-order valence-electron chi connectivity index (χ1n) is 15.5. The zero-order valence-electron chi connectivity index (χ0n) is 26.1. The summed E-state index contributed by atoms with van der Waals surface area (Å²) >= 11 is 12.1. The summed E-state index contributed by atoms with van der Waals surface area (Å²) in [6.45, 7) is 4.62. The predicted octanol–water partition coefficient (Wildman–Crippen LogP) is 12.0. The van der Waals surface area contributed by atoms with Crippen molar-refractivity contribution in [3.8, 4) is 0 Å². The zero-order chi connectivity index (χ0) is 31.6. The molecule has 2 aliphatic heterocycles. The smallest absolute Gasteiger partial charge is 0.0708 e. The minimum absolute atomic E-state index is 0.311. The fourth-order valence-electron chi connectivity index (χ4n) is 5.17. The van der Waals surface area contributed by atoms with Gasteiger partial charge in [0.2, 0.25) is 0 Å². The molecule has 0 bridgehead atoms. The molecule has 8 heteroatoms. The number of hydrogen-bond acceptors (Lipinski definition) is 6. The summed E-state index contributed by atoms with van der Waals surface area (Å²) in [5, 5.41) is 5.95. The normalized spacial score (nSPS) is 16.8. The number of thioether (sulfide) groups is 6. The molecule has 0 nitrogen and oxygen atoms in total. The molecule has 0 aliphatic carbocycles. The van der Waals surface area contributed by atoms with E-state index in [4.69, 9.17) is 0 Å². The highest BCUT2D eigenvalue weighted by atomic mass is 32.2. The average Bonchev–Trinajstić information content (AvgIpc) is 3.67. The van der Waals surface area contributed by atoms with E-state index in [0.717, 1.165) is 0 Å². The highest BCUT2D eigenvalue weighted by molar-refractivity contribution is 8.40. The van der Waals surface area contributed by atoms with Gasteiger partial charge in [0, 0.05) is 9.81 Å². The Kier molecular flexibility index (Phi) is 13.8. The van der Waals surface area contributed by atoms with Crippen molar-refractivity contribution >= 4 is 108 Å². The van der Waals surface area contributed by atoms with Crippen molar-refractivity contribution in [2.45, 2.75) is 26.7 Å². The van der Waals surface area contributed by atoms with E-state index in [0.29, 0.717) is 0 Å². The van der Waals surface area contributed by atoms with Crippen LogP contribution in [0.4, 0.5) is 0 Å². The third kappa shape index (κ3) is 9.60. The van der Waals surface area contributed by atoms with E-state index in [2.05, 4.69) is 159 Å². The number of benzene rings is 4. The first-order valence-corrected chi connectivity index (χ1v) is 23.8. The van der Waals surface area contributed by atoms with Gasteiger partial charge in [0.05, 0.1) is 16.9 Å². The van der Waals surface area contributed by atoms with E-state index >= 15 is 0 Å². The summed E-state index contributed by atoms with van der Waals surface area (Å²) in [6.07, 6.45) is 4.94. The summed E-state index contributed by atoms with van der Waals surface area (Å²) in [7, 11) is -0.621. The molecule has 236 valence electrons. The largest absolute Gasteiger partial charge is 0.118 e. The minimum atomic E-state index is -0.311. The molecule has 0 N–H and O–H groups in total. The van der Waals surface area contributed by atoms with Crippen molar-refractivity contribution in [2.75, 3.05) is 23.8 Å². The molecular weight excluding hydrogens is 711 g/mol. The van der Waals surface area contributed by atoms with Crippen LogP contribution in [0.25, 0.3) is 0 Å². The zero-order valence-corrected chi connectivity index (χ0v) is 32.8. The van der Waals surface area contributed by atoms with Crippen LogP contribution in [0.3, 0.4) is 0 Å². The van der Waals surface area contributed by atoms with Crippen LogP contribution < -0.4 is 21.2 Å². The minimum Gasteiger partial charge on any atom is -0.118 e. The number of allylic oxidation sites excluding steroid dienone is 2. The molecule has 0 amide bonds. The molecule has 0 aromatic heterocycles. The van der Waals surface area contributed by atoms with Crippen molar-refractivity contribution in [1.29, 1.82) is 0 Å². The van der Waals surface area contributed by atoms with Crippen molar-refractivity contribution in [1.82, 2.24) is 0 Å². The van der Waals surface area contributed by atoms with Crippen molar-refractivity contribution in [3.63, 3.8) is 0 Å². The summed E-state index contributed by atoms with van der Waals surface area (Å²) in [6, 6.07) is 44.5. The molecule has 0 radical (unpaired) electrons. The van der Waals surface area contributed by atoms with Gasteiger partial charge in [-0.15, -0.1) is 23.5 Å². The topological polar surface area (TPSA) is 0 Å². The monoisotopic (exact) mass is 748 g/mol. The van der Waals surface area contributed by atoms with Crippen LogP contribution in [0.15, 0.2) is 148 Å². The van der Waals surface area contributed by atoms with Gasteiger partial charge in [-0.25, -0.2) is 0 Å². The average molecular weight is 749 g/mol. The maximum absolute atomic E-state index is 2.31. The Balaban J connectivity index is 0.977. The Labute approximate surface area is 303 Å². The van der Waals surface area contributed by atoms with Crippen LogP contribution in [0.2, 0.25) is 0 Å². The SMILES string of the molecule is CC1=C(SCCCP(c2ccccc2)c2ccccc2)S/C(=C2\SC(C)=C(SCCCP(c3ccccc3)c3ccccc3)S2)S1. The van der Waals surface area contributed by atoms with Crippen LogP contribution in [0, 0.1) is 0 Å². The van der Waals surface area contributed by atoms with Gasteiger partial charge >= 0.3 is 0 Å². The molecule has 2 aliphatic rings. The maximum atomic E-state index is 2.31. The second kappa shape index (κ2) is 18.2. The lowest BCUT2D eigenvalue weighted by molar-refractivity contribution is 1.12. The van der Waals surface area contributed by atoms with Crippen LogP contribution in [0.1, 0.15) is 26.7 Å². The van der Waals surface area contributed by atoms with Gasteiger partial charge < -0.3 is 0 Å². The molecule has 46 heavy (non-hydrogen) atoms. The van der Waals surface area contributed by atoms with Crippen LogP contribution in [0.5, 0.6) is 0 Å². The van der Waals surface area contributed by atoms with Gasteiger partial charge in [-0.2, -0.15) is 0 Å². The molecular formula is C38H38P2S6. The second-order valence-electron chi connectivity index (χ2n) is 10.7. The van der Waals surface area contributed by atoms with E-state index in [9.17, 15) is 0 Å². The van der Waals surface area contributed by atoms with Crippen molar-refractivity contribution in [3.05, 3.63) is 148 Å². The van der Waals surface area contributed by atoms with Gasteiger partial charge in [0.25, 0.3) is 0 Å². The molecule has 0 saturated carbocycles. The van der Waals surface area contributed by atoms with Crippen molar-refractivity contribution in [2.24, 2.45) is 0 Å². The summed E-state index contributed by atoms with van der Waals surface area (Å²) in [4.78, 5) is 2.95. The Hall–Kier alpha value is -0.940. The highest BCUT2D eigenvalue weighted by Gasteiger charge is 2.28. The third-order valence-electron chi connectivity index (χ3n) is 7.39. The summed E-state index contributed by atoms with van der Waals surface area (Å²) in [5.41, 5.74) is 0. The molecule has 6 rings (SSSR count). The molecule has 4 aromatic rings. The van der Waals surface area contributed by atoms with Gasteiger partial charge in [0.15, 0.2) is 0 Å². The van der Waals surface area contributed by atoms with E-state index in [-0.39, 0.29) is 15.8 Å². The van der Waals surface area contributed by atoms with Crippen LogP contribution in [-0.2, 0) is 0 Å². The third-order valence-corrected chi connectivity index (χ3v) is 21.5. The highest BCUT2D eigenvalue weighted by Crippen LogP contribution is 2.63. The Bertz CT molecular complexity index is 1450. The lowest BCUT2D eigenvalue weighted by Gasteiger charge is -2.18. The fourth-order valence-corrected chi connectivity index (χ4v) is 18.8. The Morgan fingerprint density at radius 1 is 0.435 bits per heavy atom. The molecule has 0 atom stereocenters. The first-order chi connectivity index (χ1) is 22.7. The van der Waals surface area contributed by atoms with E-state index in [1.54, 1.807) is 0 Å². The molecule has 4 aromatic carbocycles. The first kappa shape index (κ1) is 34.9. The summed E-state index contributed by atoms with van der Waals surface area (Å²) < 4.78 is 5.98. The van der Waals surface area contributed by atoms with Crippen LogP contribution >= 0.6 is 86.4 Å². The van der Waals surface area contributed by atoms with Gasteiger partial charge in [-0.05, 0) is 87.6 Å². The molecule has 0 saturated heterocycles. The van der Waals surface area contributed by atoms with Gasteiger partial charge in [0.1, 0.15) is 0 Å². The fraction of sp³-hybridized carbons (Fsp3) is 0.211. The van der Waals surface area contributed by atoms with Crippen molar-refractivity contribution < 1.29 is 0 Å². The quantitative estimate of drug-likeness (QED) is 0.0924. The number of rotatable bonds is 14. The maximum Gasteiger partial charge on any atom is 0.0708 e. The van der Waals surface area contributed by atoms with Gasteiger partial charge in [-0.1, -0.05) is 168 Å². The molecule has 0 unspecified atom stereocenters. The second-order valence-corrected chi connectivity index (χ2v) is 23.1. The Morgan fingerprint density at radius 3 is 1.04 bits per heavy atom.